The predicted molar refractivity (Wildman–Crippen MR) is 59.5 cm³/mol. The Kier molecular flexibility index (Phi) is 4.10. The van der Waals surface area contributed by atoms with Crippen LogP contribution in [0.15, 0.2) is 16.8 Å². The van der Waals surface area contributed by atoms with E-state index in [9.17, 15) is 4.79 Å². The summed E-state index contributed by atoms with van der Waals surface area (Å²) in [4.78, 5) is 13.4. The van der Waals surface area contributed by atoms with Gasteiger partial charge < -0.3 is 14.2 Å². The van der Waals surface area contributed by atoms with Crippen LogP contribution in [0, 0.1) is 6.92 Å². The van der Waals surface area contributed by atoms with Gasteiger partial charge >= 0.3 is 5.97 Å². The van der Waals surface area contributed by atoms with Gasteiger partial charge in [0.2, 0.25) is 0 Å². The summed E-state index contributed by atoms with van der Waals surface area (Å²) >= 11 is 0. The lowest BCUT2D eigenvalue weighted by molar-refractivity contribution is -0.136. The van der Waals surface area contributed by atoms with Gasteiger partial charge in [0.25, 0.3) is 0 Å². The molecule has 0 fully saturated rings. The average Bonchev–Trinajstić information content (AvgIpc) is 2.61. The van der Waals surface area contributed by atoms with Gasteiger partial charge in [0.05, 0.1) is 12.3 Å². The van der Waals surface area contributed by atoms with Crippen LogP contribution in [0.2, 0.25) is 0 Å². The summed E-state index contributed by atoms with van der Waals surface area (Å²) in [7, 11) is 3.64. The second kappa shape index (κ2) is 5.34. The third kappa shape index (κ3) is 3.12. The van der Waals surface area contributed by atoms with Gasteiger partial charge in [0, 0.05) is 26.4 Å². The zero-order valence-corrected chi connectivity index (χ0v) is 9.98. The van der Waals surface area contributed by atoms with Crippen molar-refractivity contribution in [1.29, 1.82) is 0 Å². The number of nitrogens with zero attached hydrogens (tertiary/aromatic N) is 2. The van der Waals surface area contributed by atoms with Crippen LogP contribution >= 0.6 is 0 Å². The lowest BCUT2D eigenvalue weighted by Crippen LogP contribution is -2.11. The third-order valence-corrected chi connectivity index (χ3v) is 1.78. The fourth-order valence-corrected chi connectivity index (χ4v) is 1.17. The molecule has 1 aromatic heterocycles. The summed E-state index contributed by atoms with van der Waals surface area (Å²) in [6.45, 7) is 3.89. The van der Waals surface area contributed by atoms with Gasteiger partial charge in [-0.15, -0.1) is 0 Å². The quantitative estimate of drug-likeness (QED) is 0.572. The Balaban J connectivity index is 3.01. The van der Waals surface area contributed by atoms with E-state index in [0.29, 0.717) is 17.9 Å². The molecule has 0 atom stereocenters. The minimum Gasteiger partial charge on any atom is -0.462 e. The van der Waals surface area contributed by atoms with E-state index in [1.807, 2.05) is 14.1 Å². The number of aromatic nitrogens is 1. The molecule has 5 heteroatoms. The monoisotopic (exact) mass is 224 g/mol. The highest BCUT2D eigenvalue weighted by molar-refractivity contribution is 6.15. The van der Waals surface area contributed by atoms with Gasteiger partial charge in [-0.25, -0.2) is 4.79 Å². The van der Waals surface area contributed by atoms with Crippen LogP contribution in [0.25, 0.3) is 5.57 Å². The molecule has 0 aliphatic heterocycles. The average molecular weight is 224 g/mol. The molecule has 0 aliphatic rings. The Labute approximate surface area is 94.7 Å². The highest BCUT2D eigenvalue weighted by Crippen LogP contribution is 2.17. The van der Waals surface area contributed by atoms with Crippen LogP contribution < -0.4 is 0 Å². The normalized spacial score (nSPS) is 11.4. The molecule has 5 nitrogen and oxygen atoms in total. The molecular formula is C11H16N2O3. The van der Waals surface area contributed by atoms with Crippen molar-refractivity contribution in [1.82, 2.24) is 10.1 Å². The van der Waals surface area contributed by atoms with E-state index in [4.69, 9.17) is 9.26 Å². The van der Waals surface area contributed by atoms with Crippen molar-refractivity contribution in [3.8, 4) is 0 Å². The highest BCUT2D eigenvalue weighted by Gasteiger charge is 2.18. The van der Waals surface area contributed by atoms with Gasteiger partial charge in [-0.2, -0.15) is 0 Å². The Hall–Kier alpha value is -1.78. The van der Waals surface area contributed by atoms with Crippen molar-refractivity contribution in [3.05, 3.63) is 23.7 Å². The van der Waals surface area contributed by atoms with E-state index < -0.39 is 5.97 Å². The molecule has 88 valence electrons. The van der Waals surface area contributed by atoms with Gasteiger partial charge in [-0.3, -0.25) is 0 Å². The molecule has 0 aromatic carbocycles. The molecule has 16 heavy (non-hydrogen) atoms. The number of ether oxygens (including phenoxy) is 1. The summed E-state index contributed by atoms with van der Waals surface area (Å²) in [5, 5.41) is 3.75. The molecular weight excluding hydrogens is 208 g/mol. The van der Waals surface area contributed by atoms with Crippen molar-refractivity contribution in [2.75, 3.05) is 20.7 Å². The maximum atomic E-state index is 11.7. The van der Waals surface area contributed by atoms with Gasteiger partial charge in [0.1, 0.15) is 5.57 Å². The molecule has 1 aromatic rings. The van der Waals surface area contributed by atoms with Crippen molar-refractivity contribution < 1.29 is 14.1 Å². The number of hydrogen-bond acceptors (Lipinski definition) is 5. The minimum absolute atomic E-state index is 0.330. The first kappa shape index (κ1) is 12.3. The third-order valence-electron chi connectivity index (χ3n) is 1.78. The van der Waals surface area contributed by atoms with Gasteiger partial charge in [-0.1, -0.05) is 5.16 Å². The lowest BCUT2D eigenvalue weighted by Gasteiger charge is -2.08. The molecule has 0 N–H and O–H groups in total. The standard InChI is InChI=1S/C11H16N2O3/c1-5-15-11(14)9(7-13(3)4)10-6-8(2)12-16-10/h6-7H,5H2,1-4H3/b9-7+. The Bertz CT molecular complexity index is 394. The van der Waals surface area contributed by atoms with E-state index >= 15 is 0 Å². The summed E-state index contributed by atoms with van der Waals surface area (Å²) in [6, 6.07) is 1.70. The highest BCUT2D eigenvalue weighted by atomic mass is 16.5. The van der Waals surface area contributed by atoms with E-state index in [-0.39, 0.29) is 0 Å². The molecule has 0 spiro atoms. The zero-order chi connectivity index (χ0) is 12.1. The SMILES string of the molecule is CCOC(=O)/C(=C/N(C)C)c1cc(C)no1. The maximum absolute atomic E-state index is 11.7. The number of hydrogen-bond donors (Lipinski definition) is 0. The van der Waals surface area contributed by atoms with E-state index in [1.54, 1.807) is 31.0 Å². The molecule has 1 rings (SSSR count). The smallest absolute Gasteiger partial charge is 0.343 e. The number of esters is 1. The number of aryl methyl sites for hydroxylation is 1. The first-order valence-corrected chi connectivity index (χ1v) is 5.03. The van der Waals surface area contributed by atoms with Crippen LogP contribution in [0.5, 0.6) is 0 Å². The molecule has 0 unspecified atom stereocenters. The van der Waals surface area contributed by atoms with Crippen molar-refractivity contribution in [2.45, 2.75) is 13.8 Å². The topological polar surface area (TPSA) is 55.6 Å². The molecule has 0 aliphatic carbocycles. The molecule has 1 heterocycles. The van der Waals surface area contributed by atoms with Gasteiger partial charge in [-0.05, 0) is 13.8 Å². The van der Waals surface area contributed by atoms with Crippen LogP contribution in [0.4, 0.5) is 0 Å². The fraction of sp³-hybridized carbons (Fsp3) is 0.455. The molecule has 0 saturated carbocycles. The molecule has 0 radical (unpaired) electrons. The van der Waals surface area contributed by atoms with Crippen molar-refractivity contribution >= 4 is 11.5 Å². The lowest BCUT2D eigenvalue weighted by atomic mass is 10.2. The number of carbonyl (C=O) groups is 1. The second-order valence-electron chi connectivity index (χ2n) is 3.56. The largest absolute Gasteiger partial charge is 0.462 e. The van der Waals surface area contributed by atoms with E-state index in [2.05, 4.69) is 5.16 Å². The first-order valence-electron chi connectivity index (χ1n) is 5.03. The van der Waals surface area contributed by atoms with Crippen molar-refractivity contribution in [3.63, 3.8) is 0 Å². The maximum Gasteiger partial charge on any atom is 0.343 e. The number of carbonyl (C=O) groups excluding carboxylic acids is 1. The molecule has 0 bridgehead atoms. The molecule has 0 amide bonds. The number of rotatable bonds is 4. The Morgan fingerprint density at radius 2 is 2.31 bits per heavy atom. The first-order chi connectivity index (χ1) is 7.54. The summed E-state index contributed by atoms with van der Waals surface area (Å²) < 4.78 is 10.00. The van der Waals surface area contributed by atoms with Gasteiger partial charge in [0.15, 0.2) is 5.76 Å². The van der Waals surface area contributed by atoms with Crippen LogP contribution in [-0.2, 0) is 9.53 Å². The Morgan fingerprint density at radius 3 is 2.75 bits per heavy atom. The van der Waals surface area contributed by atoms with E-state index in [0.717, 1.165) is 5.69 Å². The second-order valence-corrected chi connectivity index (χ2v) is 3.56. The zero-order valence-electron chi connectivity index (χ0n) is 9.98. The van der Waals surface area contributed by atoms with Crippen LogP contribution in [-0.4, -0.2) is 36.7 Å². The summed E-state index contributed by atoms with van der Waals surface area (Å²) in [5.74, 6) is 0.0111. The van der Waals surface area contributed by atoms with E-state index in [1.165, 1.54) is 0 Å². The fourth-order valence-electron chi connectivity index (χ4n) is 1.17. The van der Waals surface area contributed by atoms with Crippen LogP contribution in [0.1, 0.15) is 18.4 Å². The van der Waals surface area contributed by atoms with Crippen molar-refractivity contribution in [2.24, 2.45) is 0 Å². The Morgan fingerprint density at radius 1 is 1.62 bits per heavy atom. The minimum atomic E-state index is -0.410. The predicted octanol–water partition coefficient (Wildman–Crippen LogP) is 1.45. The summed E-state index contributed by atoms with van der Waals surface area (Å²) in [6.07, 6.45) is 1.65. The summed E-state index contributed by atoms with van der Waals surface area (Å²) in [5.41, 5.74) is 1.09. The molecule has 0 saturated heterocycles. The van der Waals surface area contributed by atoms with Crippen LogP contribution in [0.3, 0.4) is 0 Å².